The number of aromatic nitrogens is 3. The molecule has 0 fully saturated rings. The van der Waals surface area contributed by atoms with Gasteiger partial charge in [-0.3, -0.25) is 0 Å². The van der Waals surface area contributed by atoms with E-state index in [1.165, 1.54) is 16.8 Å². The van der Waals surface area contributed by atoms with Gasteiger partial charge in [0.1, 0.15) is 11.5 Å². The Labute approximate surface area is 102 Å². The summed E-state index contributed by atoms with van der Waals surface area (Å²) in [5.41, 5.74) is 1.19. The molecule has 0 saturated carbocycles. The largest absolute Gasteiger partial charge is 0.220 e. The monoisotopic (exact) mass is 259 g/mol. The van der Waals surface area contributed by atoms with Gasteiger partial charge in [-0.15, -0.1) is 16.7 Å². The van der Waals surface area contributed by atoms with Gasteiger partial charge in [0.05, 0.1) is 22.3 Å². The molecule has 2 rings (SSSR count). The van der Waals surface area contributed by atoms with Crippen LogP contribution in [0.25, 0.3) is 5.69 Å². The summed E-state index contributed by atoms with van der Waals surface area (Å²) in [7, 11) is 0. The fraction of sp³-hybridized carbons (Fsp3) is 0.200. The van der Waals surface area contributed by atoms with Crippen molar-refractivity contribution in [3.63, 3.8) is 0 Å². The van der Waals surface area contributed by atoms with Crippen LogP contribution in [-0.2, 0) is 0 Å². The number of benzene rings is 1. The molecule has 16 heavy (non-hydrogen) atoms. The van der Waals surface area contributed by atoms with Gasteiger partial charge in [0.25, 0.3) is 0 Å². The molecule has 0 bridgehead atoms. The molecule has 0 spiro atoms. The average Bonchev–Trinajstić information content (AvgIpc) is 2.71. The van der Waals surface area contributed by atoms with Crippen LogP contribution < -0.4 is 0 Å². The van der Waals surface area contributed by atoms with E-state index in [2.05, 4.69) is 10.3 Å². The first kappa shape index (κ1) is 11.4. The van der Waals surface area contributed by atoms with Gasteiger partial charge in [0.2, 0.25) is 0 Å². The van der Waals surface area contributed by atoms with E-state index >= 15 is 0 Å². The molecule has 1 aromatic heterocycles. The number of halogens is 3. The highest BCUT2D eigenvalue weighted by molar-refractivity contribution is 6.30. The van der Waals surface area contributed by atoms with Crippen molar-refractivity contribution < 1.29 is 4.39 Å². The maximum absolute atomic E-state index is 13.2. The van der Waals surface area contributed by atoms with Crippen LogP contribution in [-0.4, -0.2) is 15.0 Å². The van der Waals surface area contributed by atoms with E-state index < -0.39 is 5.82 Å². The van der Waals surface area contributed by atoms with Crippen molar-refractivity contribution in [3.05, 3.63) is 40.9 Å². The molecule has 2 aromatic rings. The van der Waals surface area contributed by atoms with Crippen LogP contribution >= 0.6 is 23.2 Å². The molecule has 0 radical (unpaired) electrons. The minimum absolute atomic E-state index is 0.0785. The van der Waals surface area contributed by atoms with Gasteiger partial charge < -0.3 is 0 Å². The van der Waals surface area contributed by atoms with Crippen LogP contribution in [0.2, 0.25) is 5.02 Å². The Morgan fingerprint density at radius 3 is 2.75 bits per heavy atom. The third-order valence-corrected chi connectivity index (χ3v) is 2.62. The van der Waals surface area contributed by atoms with E-state index in [9.17, 15) is 4.39 Å². The van der Waals surface area contributed by atoms with E-state index in [0.29, 0.717) is 11.4 Å². The lowest BCUT2D eigenvalue weighted by Crippen LogP contribution is -1.95. The molecule has 0 aliphatic heterocycles. The third kappa shape index (κ3) is 2.18. The topological polar surface area (TPSA) is 30.7 Å². The minimum Gasteiger partial charge on any atom is -0.220 e. The molecule has 0 amide bonds. The zero-order valence-corrected chi connectivity index (χ0v) is 9.87. The molecule has 3 nitrogen and oxygen atoms in total. The molecule has 84 valence electrons. The maximum Gasteiger partial charge on any atom is 0.143 e. The summed E-state index contributed by atoms with van der Waals surface area (Å²) in [5.74, 6) is -0.491. The molecule has 0 aliphatic rings. The van der Waals surface area contributed by atoms with Gasteiger partial charge >= 0.3 is 0 Å². The van der Waals surface area contributed by atoms with Crippen LogP contribution in [0.15, 0.2) is 24.4 Å². The summed E-state index contributed by atoms with van der Waals surface area (Å²) < 4.78 is 14.7. The molecule has 0 aliphatic carbocycles. The lowest BCUT2D eigenvalue weighted by atomic mass is 10.3. The highest BCUT2D eigenvalue weighted by Gasteiger charge is 2.09. The van der Waals surface area contributed by atoms with E-state index in [1.54, 1.807) is 19.2 Å². The quantitative estimate of drug-likeness (QED) is 0.775. The van der Waals surface area contributed by atoms with Crippen molar-refractivity contribution in [2.24, 2.45) is 0 Å². The van der Waals surface area contributed by atoms with Crippen molar-refractivity contribution in [1.29, 1.82) is 0 Å². The summed E-state index contributed by atoms with van der Waals surface area (Å²) in [6.45, 7) is 1.79. The van der Waals surface area contributed by atoms with E-state index in [-0.39, 0.29) is 10.4 Å². The van der Waals surface area contributed by atoms with Crippen molar-refractivity contribution in [2.45, 2.75) is 12.3 Å². The second kappa shape index (κ2) is 4.39. The number of hydrogen-bond donors (Lipinski definition) is 0. The summed E-state index contributed by atoms with van der Waals surface area (Å²) >= 11 is 11.4. The molecule has 6 heteroatoms. The van der Waals surface area contributed by atoms with Gasteiger partial charge in [0.15, 0.2) is 0 Å². The molecule has 1 heterocycles. The average molecular weight is 260 g/mol. The van der Waals surface area contributed by atoms with Crippen molar-refractivity contribution in [3.8, 4) is 5.69 Å². The molecular formula is C10H8Cl2FN3. The molecule has 1 aromatic carbocycles. The lowest BCUT2D eigenvalue weighted by molar-refractivity contribution is 0.625. The second-order valence-electron chi connectivity index (χ2n) is 3.30. The normalized spacial score (nSPS) is 12.8. The molecule has 0 N–H and O–H groups in total. The predicted molar refractivity (Wildman–Crippen MR) is 60.6 cm³/mol. The highest BCUT2D eigenvalue weighted by atomic mass is 35.5. The second-order valence-corrected chi connectivity index (χ2v) is 4.36. The maximum atomic E-state index is 13.2. The predicted octanol–water partition coefficient (Wildman–Crippen LogP) is 3.36. The summed E-state index contributed by atoms with van der Waals surface area (Å²) in [4.78, 5) is 0. The third-order valence-electron chi connectivity index (χ3n) is 2.09. The Balaban J connectivity index is 2.39. The van der Waals surface area contributed by atoms with Gasteiger partial charge in [-0.1, -0.05) is 16.8 Å². The number of nitrogens with zero attached hydrogens (tertiary/aromatic N) is 3. The van der Waals surface area contributed by atoms with Crippen LogP contribution in [0.5, 0.6) is 0 Å². The van der Waals surface area contributed by atoms with Gasteiger partial charge in [-0.25, -0.2) is 9.07 Å². The van der Waals surface area contributed by atoms with E-state index in [0.717, 1.165) is 0 Å². The Hall–Kier alpha value is -1.13. The van der Waals surface area contributed by atoms with E-state index in [4.69, 9.17) is 23.2 Å². The first-order valence-corrected chi connectivity index (χ1v) is 5.41. The van der Waals surface area contributed by atoms with Crippen LogP contribution in [0.3, 0.4) is 0 Å². The summed E-state index contributed by atoms with van der Waals surface area (Å²) in [5, 5.41) is 7.57. The molecule has 0 saturated heterocycles. The smallest absolute Gasteiger partial charge is 0.143 e. The van der Waals surface area contributed by atoms with Crippen LogP contribution in [0.1, 0.15) is 18.0 Å². The first-order chi connectivity index (χ1) is 7.58. The SMILES string of the molecule is CC(Cl)c1cn(-c2ccc(Cl)c(F)c2)nn1. The Morgan fingerprint density at radius 2 is 2.19 bits per heavy atom. The molecule has 1 unspecified atom stereocenters. The highest BCUT2D eigenvalue weighted by Crippen LogP contribution is 2.20. The first-order valence-electron chi connectivity index (χ1n) is 4.59. The van der Waals surface area contributed by atoms with Crippen molar-refractivity contribution in [2.75, 3.05) is 0 Å². The molecular weight excluding hydrogens is 252 g/mol. The van der Waals surface area contributed by atoms with Gasteiger partial charge in [-0.2, -0.15) is 0 Å². The lowest BCUT2D eigenvalue weighted by Gasteiger charge is -2.00. The number of rotatable bonds is 2. The van der Waals surface area contributed by atoms with Crippen LogP contribution in [0, 0.1) is 5.82 Å². The fourth-order valence-corrected chi connectivity index (χ4v) is 1.43. The zero-order chi connectivity index (χ0) is 11.7. The minimum atomic E-state index is -0.491. The summed E-state index contributed by atoms with van der Waals surface area (Å²) in [6, 6.07) is 4.42. The van der Waals surface area contributed by atoms with Gasteiger partial charge in [0, 0.05) is 6.07 Å². The number of hydrogen-bond acceptors (Lipinski definition) is 2. The van der Waals surface area contributed by atoms with Crippen molar-refractivity contribution in [1.82, 2.24) is 15.0 Å². The fourth-order valence-electron chi connectivity index (χ4n) is 1.21. The van der Waals surface area contributed by atoms with Crippen LogP contribution in [0.4, 0.5) is 4.39 Å². The Morgan fingerprint density at radius 1 is 1.44 bits per heavy atom. The number of alkyl halides is 1. The van der Waals surface area contributed by atoms with E-state index in [1.807, 2.05) is 0 Å². The molecule has 1 atom stereocenters. The summed E-state index contributed by atoms with van der Waals surface area (Å²) in [6.07, 6.45) is 1.65. The Bertz CT molecular complexity index is 511. The van der Waals surface area contributed by atoms with Crippen molar-refractivity contribution >= 4 is 23.2 Å². The zero-order valence-electron chi connectivity index (χ0n) is 8.36. The standard InChI is InChI=1S/C10H8Cl2FN3/c1-6(11)10-5-16(15-14-10)7-2-3-8(12)9(13)4-7/h2-6H,1H3. The van der Waals surface area contributed by atoms with Gasteiger partial charge in [-0.05, 0) is 19.1 Å². The Kier molecular flexibility index (Phi) is 3.12.